The third kappa shape index (κ3) is 4.87. The largest absolute Gasteiger partial charge is 0.485 e. The molecule has 0 aliphatic carbocycles. The van der Waals surface area contributed by atoms with Crippen LogP contribution in [0.4, 0.5) is 5.69 Å². The van der Waals surface area contributed by atoms with E-state index in [1.54, 1.807) is 23.1 Å². The molecule has 0 saturated heterocycles. The zero-order valence-electron chi connectivity index (χ0n) is 18.4. The van der Waals surface area contributed by atoms with Crippen LogP contribution in [0.3, 0.4) is 0 Å². The molecule has 0 spiro atoms. The molecule has 0 atom stereocenters. The molecule has 0 N–H and O–H groups in total. The summed E-state index contributed by atoms with van der Waals surface area (Å²) < 4.78 is 11.3. The highest BCUT2D eigenvalue weighted by Gasteiger charge is 2.29. The summed E-state index contributed by atoms with van der Waals surface area (Å²) >= 11 is 0. The van der Waals surface area contributed by atoms with Crippen molar-refractivity contribution in [3.63, 3.8) is 0 Å². The molecule has 2 amide bonds. The highest BCUT2D eigenvalue weighted by molar-refractivity contribution is 6.04. The van der Waals surface area contributed by atoms with Crippen LogP contribution in [0.25, 0.3) is 0 Å². The first-order valence-electron chi connectivity index (χ1n) is 10.4. The van der Waals surface area contributed by atoms with Gasteiger partial charge in [0.05, 0.1) is 5.69 Å². The fourth-order valence-corrected chi connectivity index (χ4v) is 3.61. The molecule has 1 heterocycles. The second kappa shape index (κ2) is 9.64. The minimum atomic E-state index is -0.315. The van der Waals surface area contributed by atoms with Gasteiger partial charge >= 0.3 is 0 Å². The number of hydrogen-bond acceptors (Lipinski definition) is 5. The van der Waals surface area contributed by atoms with E-state index in [1.807, 2.05) is 45.9 Å². The van der Waals surface area contributed by atoms with E-state index in [-0.39, 0.29) is 37.4 Å². The number of hydrogen-bond donors (Lipinski definition) is 0. The lowest BCUT2D eigenvalue weighted by Crippen LogP contribution is -2.46. The number of amides is 2. The number of nitrogens with zero attached hydrogens (tertiary/aromatic N) is 2. The van der Waals surface area contributed by atoms with Crippen molar-refractivity contribution in [2.75, 3.05) is 37.7 Å². The molecule has 0 aromatic heterocycles. The van der Waals surface area contributed by atoms with Crippen LogP contribution in [0, 0.1) is 13.8 Å². The number of para-hydroxylation sites is 1. The fraction of sp³-hybridized carbons (Fsp3) is 0.375. The molecule has 0 radical (unpaired) electrons. The highest BCUT2D eigenvalue weighted by atomic mass is 16.5. The summed E-state index contributed by atoms with van der Waals surface area (Å²) in [6.45, 7) is 8.42. The average molecular weight is 424 g/mol. The van der Waals surface area contributed by atoms with Crippen LogP contribution >= 0.6 is 0 Å². The number of likely N-dealkylation sites (N-methyl/N-ethyl adjacent to an activating group) is 1. The molecule has 1 aliphatic rings. The zero-order chi connectivity index (χ0) is 22.5. The van der Waals surface area contributed by atoms with Crippen molar-refractivity contribution in [3.05, 3.63) is 53.1 Å². The van der Waals surface area contributed by atoms with Gasteiger partial charge in [0.2, 0.25) is 5.91 Å². The lowest BCUT2D eigenvalue weighted by molar-refractivity contribution is -0.131. The van der Waals surface area contributed by atoms with E-state index in [0.29, 0.717) is 35.8 Å². The van der Waals surface area contributed by atoms with Crippen molar-refractivity contribution in [1.82, 2.24) is 4.90 Å². The van der Waals surface area contributed by atoms with Crippen LogP contribution in [-0.2, 0) is 9.59 Å². The molecular formula is C24H28N2O5. The Morgan fingerprint density at radius 3 is 2.42 bits per heavy atom. The van der Waals surface area contributed by atoms with Gasteiger partial charge in [-0.05, 0) is 57.0 Å². The Kier molecular flexibility index (Phi) is 6.95. The van der Waals surface area contributed by atoms with Crippen LogP contribution in [-0.4, -0.2) is 55.3 Å². The molecule has 7 heteroatoms. The van der Waals surface area contributed by atoms with Crippen molar-refractivity contribution in [1.29, 1.82) is 0 Å². The molecular weight excluding hydrogens is 396 g/mol. The van der Waals surface area contributed by atoms with Crippen LogP contribution in [0.5, 0.6) is 11.5 Å². The number of fused-ring (bicyclic) bond motifs is 1. The Morgan fingerprint density at radius 2 is 1.77 bits per heavy atom. The summed E-state index contributed by atoms with van der Waals surface area (Å²) in [4.78, 5) is 40.9. The summed E-state index contributed by atoms with van der Waals surface area (Å²) in [6.07, 6.45) is 0. The van der Waals surface area contributed by atoms with Crippen molar-refractivity contribution < 1.29 is 23.9 Å². The Balaban J connectivity index is 1.80. The summed E-state index contributed by atoms with van der Waals surface area (Å²) in [6, 6.07) is 10.7. The minimum absolute atomic E-state index is 0.0899. The molecule has 164 valence electrons. The molecule has 1 aliphatic heterocycles. The van der Waals surface area contributed by atoms with E-state index in [1.165, 1.54) is 4.90 Å². The second-order valence-electron chi connectivity index (χ2n) is 7.45. The monoisotopic (exact) mass is 424 g/mol. The van der Waals surface area contributed by atoms with Gasteiger partial charge in [0, 0.05) is 18.7 Å². The number of carbonyl (C=O) groups is 3. The molecule has 2 aromatic carbocycles. The zero-order valence-corrected chi connectivity index (χ0v) is 18.4. The number of benzene rings is 2. The Labute approximate surface area is 182 Å². The molecule has 0 unspecified atom stereocenters. The SMILES string of the molecule is CCN(CC)C(=O)CN1C(=O)COc2ccc(C(=O)COc3c(C)cccc3C)cc21. The van der Waals surface area contributed by atoms with E-state index in [2.05, 4.69) is 0 Å². The average Bonchev–Trinajstić information content (AvgIpc) is 2.75. The number of Topliss-reactive ketones (excluding diaryl/α,β-unsaturated/α-hetero) is 1. The van der Waals surface area contributed by atoms with Crippen molar-refractivity contribution >= 4 is 23.3 Å². The summed E-state index contributed by atoms with van der Waals surface area (Å²) in [5, 5.41) is 0. The number of carbonyl (C=O) groups excluding carboxylic acids is 3. The Bertz CT molecular complexity index is 977. The number of aryl methyl sites for hydroxylation is 2. The van der Waals surface area contributed by atoms with Crippen molar-refractivity contribution in [2.45, 2.75) is 27.7 Å². The quantitative estimate of drug-likeness (QED) is 0.609. The van der Waals surface area contributed by atoms with Gasteiger partial charge in [-0.3, -0.25) is 19.3 Å². The minimum Gasteiger partial charge on any atom is -0.485 e. The molecule has 0 bridgehead atoms. The van der Waals surface area contributed by atoms with E-state index in [9.17, 15) is 14.4 Å². The van der Waals surface area contributed by atoms with Gasteiger partial charge in [-0.2, -0.15) is 0 Å². The van der Waals surface area contributed by atoms with Gasteiger partial charge in [-0.1, -0.05) is 18.2 Å². The third-order valence-electron chi connectivity index (χ3n) is 5.39. The lowest BCUT2D eigenvalue weighted by atomic mass is 10.1. The summed E-state index contributed by atoms with van der Waals surface area (Å²) in [7, 11) is 0. The molecule has 0 fully saturated rings. The molecule has 2 aromatic rings. The van der Waals surface area contributed by atoms with Gasteiger partial charge in [-0.15, -0.1) is 0 Å². The van der Waals surface area contributed by atoms with Crippen LogP contribution in [0.15, 0.2) is 36.4 Å². The van der Waals surface area contributed by atoms with Gasteiger partial charge < -0.3 is 14.4 Å². The standard InChI is InChI=1S/C24H28N2O5/c1-5-25(6-2)22(28)13-26-19-12-18(10-11-21(19)30-15-23(26)29)20(27)14-31-24-16(3)8-7-9-17(24)4/h7-12H,5-6,13-15H2,1-4H3. The van der Waals surface area contributed by atoms with Crippen molar-refractivity contribution in [3.8, 4) is 11.5 Å². The number of ketones is 1. The first kappa shape index (κ1) is 22.3. The summed E-state index contributed by atoms with van der Waals surface area (Å²) in [5.41, 5.74) is 2.73. The predicted molar refractivity (Wildman–Crippen MR) is 118 cm³/mol. The van der Waals surface area contributed by atoms with E-state index in [4.69, 9.17) is 9.47 Å². The predicted octanol–water partition coefficient (Wildman–Crippen LogP) is 3.16. The third-order valence-corrected chi connectivity index (χ3v) is 5.39. The molecule has 0 saturated carbocycles. The maximum Gasteiger partial charge on any atom is 0.265 e. The first-order chi connectivity index (χ1) is 14.8. The summed E-state index contributed by atoms with van der Waals surface area (Å²) in [5.74, 6) is 0.474. The van der Waals surface area contributed by atoms with E-state index >= 15 is 0 Å². The van der Waals surface area contributed by atoms with Crippen molar-refractivity contribution in [2.24, 2.45) is 0 Å². The fourth-order valence-electron chi connectivity index (χ4n) is 3.61. The maximum absolute atomic E-state index is 12.8. The molecule has 31 heavy (non-hydrogen) atoms. The van der Waals surface area contributed by atoms with Gasteiger partial charge in [0.1, 0.15) is 18.0 Å². The maximum atomic E-state index is 12.8. The van der Waals surface area contributed by atoms with E-state index in [0.717, 1.165) is 11.1 Å². The lowest BCUT2D eigenvalue weighted by Gasteiger charge is -2.31. The number of rotatable bonds is 8. The van der Waals surface area contributed by atoms with Crippen LogP contribution < -0.4 is 14.4 Å². The van der Waals surface area contributed by atoms with Gasteiger partial charge in [0.25, 0.3) is 5.91 Å². The normalized spacial score (nSPS) is 12.8. The number of ether oxygens (including phenoxy) is 2. The Hall–Kier alpha value is -3.35. The topological polar surface area (TPSA) is 76.2 Å². The Morgan fingerprint density at radius 1 is 1.10 bits per heavy atom. The van der Waals surface area contributed by atoms with Gasteiger partial charge in [-0.25, -0.2) is 0 Å². The van der Waals surface area contributed by atoms with Crippen LogP contribution in [0.2, 0.25) is 0 Å². The first-order valence-corrected chi connectivity index (χ1v) is 10.4. The smallest absolute Gasteiger partial charge is 0.265 e. The van der Waals surface area contributed by atoms with Gasteiger partial charge in [0.15, 0.2) is 19.0 Å². The second-order valence-corrected chi connectivity index (χ2v) is 7.45. The highest BCUT2D eigenvalue weighted by Crippen LogP contribution is 2.33. The van der Waals surface area contributed by atoms with E-state index < -0.39 is 0 Å². The molecule has 7 nitrogen and oxygen atoms in total. The molecule has 3 rings (SSSR count). The number of anilines is 1. The van der Waals surface area contributed by atoms with Crippen LogP contribution in [0.1, 0.15) is 35.3 Å².